The van der Waals surface area contributed by atoms with Crippen LogP contribution in [0.4, 0.5) is 20.7 Å². The fourth-order valence-corrected chi connectivity index (χ4v) is 4.49. The number of carbonyl (C=O) groups excluding carboxylic acids is 1. The molecule has 33 heavy (non-hydrogen) atoms. The van der Waals surface area contributed by atoms with Crippen LogP contribution in [0.2, 0.25) is 0 Å². The zero-order valence-electron chi connectivity index (χ0n) is 18.0. The number of aromatic nitrogens is 3. The lowest BCUT2D eigenvalue weighted by molar-refractivity contribution is 0.0148. The monoisotopic (exact) mass is 469 g/mol. The molecule has 2 aliphatic rings. The van der Waals surface area contributed by atoms with E-state index in [0.717, 1.165) is 37.9 Å². The fraction of sp³-hybridized carbons (Fsp3) is 0.333. The normalized spacial score (nSPS) is 22.0. The van der Waals surface area contributed by atoms with E-state index in [1.54, 1.807) is 47.6 Å². The zero-order chi connectivity index (χ0) is 22.0. The third-order valence-electron chi connectivity index (χ3n) is 6.33. The van der Waals surface area contributed by atoms with Crippen molar-refractivity contribution in [1.29, 1.82) is 0 Å². The van der Waals surface area contributed by atoms with E-state index in [9.17, 15) is 9.18 Å². The number of halogens is 2. The van der Waals surface area contributed by atoms with Gasteiger partial charge >= 0.3 is 6.09 Å². The Morgan fingerprint density at radius 1 is 1.12 bits per heavy atom. The van der Waals surface area contributed by atoms with Gasteiger partial charge in [0.2, 0.25) is 0 Å². The molecule has 5 rings (SSSR count). The highest BCUT2D eigenvalue weighted by atomic mass is 35.5. The highest BCUT2D eigenvalue weighted by Gasteiger charge is 2.48. The van der Waals surface area contributed by atoms with Crippen LogP contribution in [0.25, 0.3) is 11.3 Å². The van der Waals surface area contributed by atoms with E-state index in [0.29, 0.717) is 29.5 Å². The first kappa shape index (κ1) is 22.9. The molecular formula is C24H25ClFN5O2. The number of nitrogens with zero attached hydrogens (tertiary/aromatic N) is 4. The van der Waals surface area contributed by atoms with Crippen LogP contribution in [0.5, 0.6) is 0 Å². The number of carbonyl (C=O) groups is 1. The summed E-state index contributed by atoms with van der Waals surface area (Å²) in [5.74, 6) is 0.739. The molecule has 9 heteroatoms. The molecule has 0 bridgehead atoms. The maximum atomic E-state index is 13.9. The molecule has 3 heterocycles. The molecule has 1 saturated carbocycles. The summed E-state index contributed by atoms with van der Waals surface area (Å²) in [4.78, 5) is 18.4. The van der Waals surface area contributed by atoms with Crippen LogP contribution < -0.4 is 10.2 Å². The first-order chi connectivity index (χ1) is 15.6. The van der Waals surface area contributed by atoms with Gasteiger partial charge in [-0.15, -0.1) is 17.5 Å². The molecule has 1 N–H and O–H groups in total. The van der Waals surface area contributed by atoms with Gasteiger partial charge in [0.1, 0.15) is 11.4 Å². The van der Waals surface area contributed by atoms with Gasteiger partial charge in [-0.3, -0.25) is 9.88 Å². The minimum atomic E-state index is -0.436. The Balaban J connectivity index is 0.00000259. The van der Waals surface area contributed by atoms with Crippen molar-refractivity contribution in [2.24, 2.45) is 5.92 Å². The number of benzene rings is 1. The van der Waals surface area contributed by atoms with Gasteiger partial charge in [0, 0.05) is 18.3 Å². The Morgan fingerprint density at radius 2 is 1.94 bits per heavy atom. The molecule has 0 atom stereocenters. The van der Waals surface area contributed by atoms with Crippen molar-refractivity contribution < 1.29 is 13.9 Å². The number of nitrogens with one attached hydrogen (secondary N) is 1. The number of hydrogen-bond donors (Lipinski definition) is 1. The van der Waals surface area contributed by atoms with E-state index in [1.807, 2.05) is 12.1 Å². The molecule has 2 fully saturated rings. The number of amides is 1. The van der Waals surface area contributed by atoms with Crippen LogP contribution in [0.1, 0.15) is 25.7 Å². The van der Waals surface area contributed by atoms with Crippen LogP contribution in [0.3, 0.4) is 0 Å². The molecule has 2 aromatic heterocycles. The van der Waals surface area contributed by atoms with Gasteiger partial charge in [-0.2, -0.15) is 5.10 Å². The molecule has 7 nitrogen and oxygen atoms in total. The first-order valence-corrected chi connectivity index (χ1v) is 10.8. The molecule has 1 aromatic carbocycles. The lowest BCUT2D eigenvalue weighted by Gasteiger charge is -2.35. The molecule has 172 valence electrons. The first-order valence-electron chi connectivity index (χ1n) is 10.8. The Kier molecular flexibility index (Phi) is 6.74. The minimum absolute atomic E-state index is 0. The zero-order valence-corrected chi connectivity index (χ0v) is 18.8. The van der Waals surface area contributed by atoms with Crippen molar-refractivity contribution in [2.45, 2.75) is 31.3 Å². The van der Waals surface area contributed by atoms with Crippen molar-refractivity contribution in [1.82, 2.24) is 15.2 Å². The van der Waals surface area contributed by atoms with Crippen molar-refractivity contribution in [2.75, 3.05) is 23.3 Å². The summed E-state index contributed by atoms with van der Waals surface area (Å²) in [5, 5.41) is 11.3. The second-order valence-corrected chi connectivity index (χ2v) is 8.46. The average Bonchev–Trinajstić information content (AvgIpc) is 3.16. The molecule has 1 amide bonds. The topological polar surface area (TPSA) is 80.2 Å². The molecule has 1 aliphatic carbocycles. The summed E-state index contributed by atoms with van der Waals surface area (Å²) in [6.07, 6.45) is 6.57. The van der Waals surface area contributed by atoms with Gasteiger partial charge in [0.25, 0.3) is 0 Å². The van der Waals surface area contributed by atoms with Gasteiger partial charge in [-0.1, -0.05) is 12.1 Å². The maximum absolute atomic E-state index is 13.9. The van der Waals surface area contributed by atoms with E-state index >= 15 is 0 Å². The third-order valence-corrected chi connectivity index (χ3v) is 6.33. The summed E-state index contributed by atoms with van der Waals surface area (Å²) < 4.78 is 19.7. The van der Waals surface area contributed by atoms with Crippen molar-refractivity contribution in [3.63, 3.8) is 0 Å². The van der Waals surface area contributed by atoms with Gasteiger partial charge in [0.05, 0.1) is 24.1 Å². The Labute approximate surface area is 197 Å². The second-order valence-electron chi connectivity index (χ2n) is 8.46. The third kappa shape index (κ3) is 4.90. The van der Waals surface area contributed by atoms with E-state index < -0.39 is 5.60 Å². The molecule has 0 radical (unpaired) electrons. The Morgan fingerprint density at radius 3 is 2.64 bits per heavy atom. The maximum Gasteiger partial charge on any atom is 0.416 e. The second kappa shape index (κ2) is 9.70. The van der Waals surface area contributed by atoms with Gasteiger partial charge < -0.3 is 10.1 Å². The predicted octanol–water partition coefficient (Wildman–Crippen LogP) is 5.10. The van der Waals surface area contributed by atoms with E-state index in [1.165, 1.54) is 6.07 Å². The standard InChI is InChI=1S/C24H24FN5O2.ClH/c25-20-5-2-1-4-19(20)21-8-7-18(15-27-21)26-14-17-9-11-24(12-10-17)16-30(23(31)32-24)22-6-3-13-28-29-22;/h1-8,13,15,17,26H,9-12,14,16H2;1H. The summed E-state index contributed by atoms with van der Waals surface area (Å²) >= 11 is 0. The van der Waals surface area contributed by atoms with Crippen LogP contribution in [0.15, 0.2) is 60.9 Å². The SMILES string of the molecule is Cl.O=C1OC2(CCC(CNc3ccc(-c4ccccc4F)nc3)CC2)CN1c1cccnn1. The van der Waals surface area contributed by atoms with E-state index in [4.69, 9.17) is 4.74 Å². The number of pyridine rings is 1. The summed E-state index contributed by atoms with van der Waals surface area (Å²) in [7, 11) is 0. The summed E-state index contributed by atoms with van der Waals surface area (Å²) in [6.45, 7) is 1.34. The molecular weight excluding hydrogens is 445 g/mol. The fourth-order valence-electron chi connectivity index (χ4n) is 4.49. The van der Waals surface area contributed by atoms with Gasteiger partial charge in [-0.25, -0.2) is 9.18 Å². The smallest absolute Gasteiger partial charge is 0.416 e. The molecule has 3 aromatic rings. The minimum Gasteiger partial charge on any atom is -0.441 e. The summed E-state index contributed by atoms with van der Waals surface area (Å²) in [5.41, 5.74) is 1.59. The van der Waals surface area contributed by atoms with Crippen LogP contribution >= 0.6 is 12.4 Å². The van der Waals surface area contributed by atoms with Crippen LogP contribution in [-0.4, -0.2) is 40.0 Å². The van der Waals surface area contributed by atoms with Crippen molar-refractivity contribution >= 4 is 30.0 Å². The highest BCUT2D eigenvalue weighted by molar-refractivity contribution is 5.89. The number of rotatable bonds is 5. The Bertz CT molecular complexity index is 1090. The average molecular weight is 470 g/mol. The summed E-state index contributed by atoms with van der Waals surface area (Å²) in [6, 6.07) is 13.9. The molecule has 1 spiro atoms. The molecule has 1 aliphatic heterocycles. The lowest BCUT2D eigenvalue weighted by atomic mass is 9.78. The molecule has 0 unspecified atom stereocenters. The van der Waals surface area contributed by atoms with E-state index in [2.05, 4.69) is 20.5 Å². The van der Waals surface area contributed by atoms with Gasteiger partial charge in [0.15, 0.2) is 5.82 Å². The number of hydrogen-bond acceptors (Lipinski definition) is 6. The van der Waals surface area contributed by atoms with Crippen molar-refractivity contribution in [3.05, 3.63) is 66.7 Å². The number of anilines is 2. The van der Waals surface area contributed by atoms with Gasteiger partial charge in [-0.05, 0) is 68.0 Å². The highest BCUT2D eigenvalue weighted by Crippen LogP contribution is 2.40. The largest absolute Gasteiger partial charge is 0.441 e. The number of ether oxygens (including phenoxy) is 1. The molecule has 1 saturated heterocycles. The Hall–Kier alpha value is -3.26. The lowest BCUT2D eigenvalue weighted by Crippen LogP contribution is -2.39. The predicted molar refractivity (Wildman–Crippen MR) is 126 cm³/mol. The quantitative estimate of drug-likeness (QED) is 0.560. The van der Waals surface area contributed by atoms with Crippen LogP contribution in [-0.2, 0) is 4.74 Å². The van der Waals surface area contributed by atoms with Crippen LogP contribution in [0, 0.1) is 11.7 Å². The van der Waals surface area contributed by atoms with E-state index in [-0.39, 0.29) is 24.3 Å². The van der Waals surface area contributed by atoms with Crippen molar-refractivity contribution in [3.8, 4) is 11.3 Å².